The third kappa shape index (κ3) is 4.62. The molecule has 0 aliphatic rings. The Balaban J connectivity index is 2.53. The molecule has 3 aromatic carbocycles. The summed E-state index contributed by atoms with van der Waals surface area (Å²) in [7, 11) is -5.66. The minimum atomic E-state index is -1.46. The standard InChI is InChI=1S/C26H42Si4/c1-27(2,3)21-13-19-15-24-20(16-23(19)25(17-21)29(7,8)9)14-22(28(4,5)6)18-26(24)30(10,11)12/h13-18H,1-12H3. The number of hydrogen-bond acceptors (Lipinski definition) is 0. The van der Waals surface area contributed by atoms with Crippen LogP contribution in [-0.4, -0.2) is 32.3 Å². The van der Waals surface area contributed by atoms with Crippen molar-refractivity contribution in [1.82, 2.24) is 0 Å². The van der Waals surface area contributed by atoms with Crippen LogP contribution in [0, 0.1) is 0 Å². The molecule has 0 N–H and O–H groups in total. The predicted octanol–water partition coefficient (Wildman–Crippen LogP) is 6.17. The maximum Gasteiger partial charge on any atom is 0.0784 e. The minimum absolute atomic E-state index is 1.38. The second-order valence-electron chi connectivity index (χ2n) is 13.3. The highest BCUT2D eigenvalue weighted by molar-refractivity contribution is 6.94. The molecule has 162 valence electrons. The zero-order valence-corrected chi connectivity index (χ0v) is 25.5. The van der Waals surface area contributed by atoms with E-state index in [2.05, 4.69) is 115 Å². The summed E-state index contributed by atoms with van der Waals surface area (Å²) in [6, 6.07) is 15.4. The van der Waals surface area contributed by atoms with Crippen LogP contribution in [0.1, 0.15) is 0 Å². The zero-order chi connectivity index (χ0) is 22.9. The summed E-state index contributed by atoms with van der Waals surface area (Å²) in [5.41, 5.74) is 0. The molecule has 0 amide bonds. The van der Waals surface area contributed by atoms with E-state index in [1.807, 2.05) is 0 Å². The van der Waals surface area contributed by atoms with Crippen molar-refractivity contribution in [3.05, 3.63) is 36.4 Å². The molecule has 0 aliphatic heterocycles. The normalized spacial score (nSPS) is 14.0. The van der Waals surface area contributed by atoms with Gasteiger partial charge in [0.15, 0.2) is 0 Å². The van der Waals surface area contributed by atoms with Crippen LogP contribution in [0.2, 0.25) is 78.6 Å². The molecule has 30 heavy (non-hydrogen) atoms. The minimum Gasteiger partial charge on any atom is -0.0656 e. The van der Waals surface area contributed by atoms with E-state index in [0.717, 1.165) is 0 Å². The van der Waals surface area contributed by atoms with E-state index in [0.29, 0.717) is 0 Å². The third-order valence-electron chi connectivity index (χ3n) is 6.37. The number of hydrogen-bond donors (Lipinski definition) is 0. The van der Waals surface area contributed by atoms with Crippen molar-refractivity contribution >= 4 is 74.6 Å². The molecule has 0 spiro atoms. The van der Waals surface area contributed by atoms with E-state index >= 15 is 0 Å². The summed E-state index contributed by atoms with van der Waals surface area (Å²) < 4.78 is 0. The molecule has 0 nitrogen and oxygen atoms in total. The van der Waals surface area contributed by atoms with E-state index in [-0.39, 0.29) is 0 Å². The molecule has 0 aromatic heterocycles. The Labute approximate surface area is 189 Å². The van der Waals surface area contributed by atoms with Gasteiger partial charge in [-0.15, -0.1) is 0 Å². The molecule has 0 heterocycles. The van der Waals surface area contributed by atoms with Gasteiger partial charge in [-0.3, -0.25) is 0 Å². The van der Waals surface area contributed by atoms with Crippen molar-refractivity contribution in [2.75, 3.05) is 0 Å². The summed E-state index contributed by atoms with van der Waals surface area (Å²) in [5.74, 6) is 0. The first kappa shape index (κ1) is 23.7. The third-order valence-corrected chi connectivity index (χ3v) is 14.5. The Hall–Kier alpha value is -0.952. The fourth-order valence-corrected chi connectivity index (χ4v) is 10.2. The first-order valence-electron chi connectivity index (χ1n) is 11.5. The zero-order valence-electron chi connectivity index (χ0n) is 21.5. The summed E-state index contributed by atoms with van der Waals surface area (Å²) in [6.07, 6.45) is 0. The highest BCUT2D eigenvalue weighted by atomic mass is 28.3. The largest absolute Gasteiger partial charge is 0.0784 e. The van der Waals surface area contributed by atoms with Crippen molar-refractivity contribution in [3.8, 4) is 0 Å². The SMILES string of the molecule is C[Si](C)(C)c1cc([Si](C)(C)C)c2cc3cc([Si](C)(C)C)cc([Si](C)(C)C)c3cc2c1. The van der Waals surface area contributed by atoms with Crippen LogP contribution in [0.4, 0.5) is 0 Å². The molecule has 0 radical (unpaired) electrons. The molecular weight excluding hydrogens is 425 g/mol. The lowest BCUT2D eigenvalue weighted by Crippen LogP contribution is -2.46. The highest BCUT2D eigenvalue weighted by Gasteiger charge is 2.27. The lowest BCUT2D eigenvalue weighted by atomic mass is 10.0. The first-order chi connectivity index (χ1) is 13.4. The van der Waals surface area contributed by atoms with Crippen molar-refractivity contribution in [2.45, 2.75) is 78.6 Å². The molecule has 3 rings (SSSR count). The van der Waals surface area contributed by atoms with E-state index in [1.165, 1.54) is 21.5 Å². The number of benzene rings is 3. The average molecular weight is 467 g/mol. The van der Waals surface area contributed by atoms with Crippen LogP contribution in [0.5, 0.6) is 0 Å². The molecule has 4 heteroatoms. The topological polar surface area (TPSA) is 0 Å². The second-order valence-corrected chi connectivity index (χ2v) is 33.6. The van der Waals surface area contributed by atoms with E-state index in [1.54, 1.807) is 20.7 Å². The number of fused-ring (bicyclic) bond motifs is 2. The maximum absolute atomic E-state index is 2.59. The first-order valence-corrected chi connectivity index (χ1v) is 25.5. The Morgan fingerprint density at radius 1 is 0.367 bits per heavy atom. The predicted molar refractivity (Wildman–Crippen MR) is 153 cm³/mol. The Morgan fingerprint density at radius 2 is 0.667 bits per heavy atom. The lowest BCUT2D eigenvalue weighted by molar-refractivity contribution is 1.69. The molecule has 0 atom stereocenters. The van der Waals surface area contributed by atoms with Gasteiger partial charge in [0.2, 0.25) is 0 Å². The summed E-state index contributed by atoms with van der Waals surface area (Å²) in [4.78, 5) is 0. The van der Waals surface area contributed by atoms with Crippen LogP contribution in [0.3, 0.4) is 0 Å². The molecule has 0 aliphatic carbocycles. The van der Waals surface area contributed by atoms with Crippen LogP contribution >= 0.6 is 0 Å². The molecule has 0 bridgehead atoms. The fraction of sp³-hybridized carbons (Fsp3) is 0.462. The van der Waals surface area contributed by atoms with Gasteiger partial charge in [0.05, 0.1) is 32.3 Å². The van der Waals surface area contributed by atoms with Crippen LogP contribution in [0.15, 0.2) is 36.4 Å². The quantitative estimate of drug-likeness (QED) is 0.318. The van der Waals surface area contributed by atoms with E-state index in [9.17, 15) is 0 Å². The van der Waals surface area contributed by atoms with Crippen molar-refractivity contribution in [1.29, 1.82) is 0 Å². The van der Waals surface area contributed by atoms with Crippen molar-refractivity contribution < 1.29 is 0 Å². The molecule has 0 unspecified atom stereocenters. The van der Waals surface area contributed by atoms with Gasteiger partial charge in [-0.25, -0.2) is 0 Å². The van der Waals surface area contributed by atoms with Gasteiger partial charge < -0.3 is 0 Å². The Kier molecular flexibility index (Phi) is 5.76. The number of rotatable bonds is 4. The van der Waals surface area contributed by atoms with Crippen LogP contribution in [0.25, 0.3) is 21.5 Å². The summed E-state index contributed by atoms with van der Waals surface area (Å²) in [5, 5.41) is 12.5. The van der Waals surface area contributed by atoms with Gasteiger partial charge in [-0.05, 0) is 33.7 Å². The van der Waals surface area contributed by atoms with Gasteiger partial charge in [0.25, 0.3) is 0 Å². The molecule has 0 saturated carbocycles. The monoisotopic (exact) mass is 466 g/mol. The van der Waals surface area contributed by atoms with Gasteiger partial charge in [-0.2, -0.15) is 0 Å². The Morgan fingerprint density at radius 3 is 0.900 bits per heavy atom. The van der Waals surface area contributed by atoms with Crippen molar-refractivity contribution in [2.24, 2.45) is 0 Å². The molecular formula is C26H42Si4. The molecule has 3 aromatic rings. The fourth-order valence-electron chi connectivity index (χ4n) is 4.33. The average Bonchev–Trinajstić information content (AvgIpc) is 2.54. The smallest absolute Gasteiger partial charge is 0.0656 e. The molecule has 0 saturated heterocycles. The van der Waals surface area contributed by atoms with Gasteiger partial charge in [0.1, 0.15) is 0 Å². The summed E-state index contributed by atoms with van der Waals surface area (Å²) >= 11 is 0. The highest BCUT2D eigenvalue weighted by Crippen LogP contribution is 2.25. The van der Waals surface area contributed by atoms with Gasteiger partial charge in [-0.1, -0.05) is 124 Å². The maximum atomic E-state index is 2.59. The second kappa shape index (κ2) is 7.29. The summed E-state index contributed by atoms with van der Waals surface area (Å²) in [6.45, 7) is 29.9. The van der Waals surface area contributed by atoms with Crippen molar-refractivity contribution in [3.63, 3.8) is 0 Å². The van der Waals surface area contributed by atoms with Crippen LogP contribution in [-0.2, 0) is 0 Å². The van der Waals surface area contributed by atoms with Crippen LogP contribution < -0.4 is 20.7 Å². The van der Waals surface area contributed by atoms with Gasteiger partial charge >= 0.3 is 0 Å². The van der Waals surface area contributed by atoms with Gasteiger partial charge in [0, 0.05) is 0 Å². The van der Waals surface area contributed by atoms with E-state index in [4.69, 9.17) is 0 Å². The van der Waals surface area contributed by atoms with E-state index < -0.39 is 32.3 Å². The Bertz CT molecular complexity index is 1020. The lowest BCUT2D eigenvalue weighted by Gasteiger charge is -2.27. The molecule has 0 fully saturated rings.